The Balaban J connectivity index is 1.80. The van der Waals surface area contributed by atoms with Crippen molar-refractivity contribution in [3.63, 3.8) is 0 Å². The fraction of sp³-hybridized carbons (Fsp3) is 0. The number of carbonyl (C=O) groups excluding carboxylic acids is 1. The molecule has 0 aliphatic heterocycles. The molecule has 0 radical (unpaired) electrons. The maximum Gasteiger partial charge on any atom is 0.266 e. The van der Waals surface area contributed by atoms with Gasteiger partial charge in [-0.2, -0.15) is 0 Å². The van der Waals surface area contributed by atoms with Gasteiger partial charge in [-0.15, -0.1) is 16.2 Å². The molecule has 134 valence electrons. The van der Waals surface area contributed by atoms with Crippen molar-refractivity contribution >= 4 is 38.9 Å². The lowest BCUT2D eigenvalue weighted by molar-refractivity contribution is 0.0945. The molecule has 0 unspecified atom stereocenters. The van der Waals surface area contributed by atoms with Crippen molar-refractivity contribution in [3.05, 3.63) is 76.4 Å². The van der Waals surface area contributed by atoms with Gasteiger partial charge in [-0.05, 0) is 47.3 Å². The number of hydrogen-bond donors (Lipinski definition) is 2. The summed E-state index contributed by atoms with van der Waals surface area (Å²) in [5.74, 6) is -1.64. The van der Waals surface area contributed by atoms with Gasteiger partial charge in [-0.25, -0.2) is 12.8 Å². The molecule has 0 spiro atoms. The highest BCUT2D eigenvalue weighted by Crippen LogP contribution is 2.28. The topological polar surface area (TPSA) is 75.3 Å². The fourth-order valence-electron chi connectivity index (χ4n) is 2.21. The maximum atomic E-state index is 13.6. The quantitative estimate of drug-likeness (QED) is 0.627. The van der Waals surface area contributed by atoms with Gasteiger partial charge in [0.1, 0.15) is 10.7 Å². The van der Waals surface area contributed by atoms with Crippen LogP contribution < -0.4 is 10.3 Å². The Morgan fingerprint density at radius 3 is 2.54 bits per heavy atom. The highest BCUT2D eigenvalue weighted by molar-refractivity contribution is 7.89. The summed E-state index contributed by atoms with van der Waals surface area (Å²) in [4.78, 5) is 14.5. The fourth-order valence-corrected chi connectivity index (χ4v) is 4.08. The van der Waals surface area contributed by atoms with E-state index in [1.54, 1.807) is 12.1 Å². The molecule has 1 amide bonds. The molecule has 0 bridgehead atoms. The zero-order valence-corrected chi connectivity index (χ0v) is 15.5. The standard InChI is InChI=1S/C17H12ClFN2O3S2/c18-13-9-11(15-5-3-7-25-15)8-12(10-13)17(22)20-21-26(23,24)16-6-2-1-4-14(16)19/h1-10,21H,(H,20,22). The second kappa shape index (κ2) is 7.55. The molecular weight excluding hydrogens is 399 g/mol. The monoisotopic (exact) mass is 410 g/mol. The predicted molar refractivity (Wildman–Crippen MR) is 99.0 cm³/mol. The summed E-state index contributed by atoms with van der Waals surface area (Å²) < 4.78 is 37.9. The van der Waals surface area contributed by atoms with Crippen molar-refractivity contribution in [2.75, 3.05) is 0 Å². The number of hydrogen-bond acceptors (Lipinski definition) is 4. The number of rotatable bonds is 5. The Kier molecular flexibility index (Phi) is 5.38. The van der Waals surface area contributed by atoms with Crippen LogP contribution in [-0.2, 0) is 10.0 Å². The SMILES string of the molecule is O=C(NNS(=O)(=O)c1ccccc1F)c1cc(Cl)cc(-c2cccs2)c1. The third kappa shape index (κ3) is 4.10. The lowest BCUT2D eigenvalue weighted by atomic mass is 10.1. The van der Waals surface area contributed by atoms with Crippen LogP contribution in [0.15, 0.2) is 64.9 Å². The molecule has 0 saturated carbocycles. The first kappa shape index (κ1) is 18.5. The van der Waals surface area contributed by atoms with Crippen molar-refractivity contribution in [1.29, 1.82) is 0 Å². The largest absolute Gasteiger partial charge is 0.273 e. The minimum atomic E-state index is -4.25. The van der Waals surface area contributed by atoms with Crippen LogP contribution in [-0.4, -0.2) is 14.3 Å². The number of amides is 1. The average molecular weight is 411 g/mol. The van der Waals surface area contributed by atoms with Gasteiger partial charge in [0, 0.05) is 15.5 Å². The highest BCUT2D eigenvalue weighted by Gasteiger charge is 2.20. The summed E-state index contributed by atoms with van der Waals surface area (Å²) in [6.07, 6.45) is 0. The van der Waals surface area contributed by atoms with Crippen LogP contribution >= 0.6 is 22.9 Å². The van der Waals surface area contributed by atoms with E-state index in [-0.39, 0.29) is 5.56 Å². The molecular formula is C17H12ClFN2O3S2. The zero-order chi connectivity index (χ0) is 18.7. The number of benzene rings is 2. The molecule has 1 heterocycles. The van der Waals surface area contributed by atoms with Gasteiger partial charge >= 0.3 is 0 Å². The lowest BCUT2D eigenvalue weighted by Gasteiger charge is -2.10. The van der Waals surface area contributed by atoms with Crippen molar-refractivity contribution in [1.82, 2.24) is 10.3 Å². The van der Waals surface area contributed by atoms with E-state index in [1.807, 2.05) is 22.3 Å². The molecule has 0 saturated heterocycles. The second-order valence-corrected chi connectivity index (χ2v) is 8.23. The first-order valence-corrected chi connectivity index (χ1v) is 10.0. The van der Waals surface area contributed by atoms with Crippen LogP contribution in [0.1, 0.15) is 10.4 Å². The molecule has 0 fully saturated rings. The summed E-state index contributed by atoms with van der Waals surface area (Å²) >= 11 is 7.53. The number of hydrazine groups is 1. The van der Waals surface area contributed by atoms with E-state index in [2.05, 4.69) is 5.43 Å². The molecule has 3 aromatic rings. The van der Waals surface area contributed by atoms with E-state index in [9.17, 15) is 17.6 Å². The van der Waals surface area contributed by atoms with E-state index in [0.717, 1.165) is 22.6 Å². The third-order valence-electron chi connectivity index (χ3n) is 3.39. The summed E-state index contributed by atoms with van der Waals surface area (Å²) in [6, 6.07) is 13.3. The zero-order valence-electron chi connectivity index (χ0n) is 13.1. The number of halogens is 2. The minimum Gasteiger partial charge on any atom is -0.273 e. The Hall–Kier alpha value is -2.26. The van der Waals surface area contributed by atoms with Crippen molar-refractivity contribution < 1.29 is 17.6 Å². The van der Waals surface area contributed by atoms with Crippen LogP contribution in [0.2, 0.25) is 5.02 Å². The predicted octanol–water partition coefficient (Wildman–Crippen LogP) is 3.83. The molecule has 26 heavy (non-hydrogen) atoms. The highest BCUT2D eigenvalue weighted by atomic mass is 35.5. The Morgan fingerprint density at radius 1 is 1.08 bits per heavy atom. The van der Waals surface area contributed by atoms with Crippen LogP contribution in [0.3, 0.4) is 0 Å². The van der Waals surface area contributed by atoms with Crippen LogP contribution in [0, 0.1) is 5.82 Å². The van der Waals surface area contributed by atoms with E-state index in [1.165, 1.54) is 29.5 Å². The second-order valence-electron chi connectivity index (χ2n) is 5.20. The third-order valence-corrected chi connectivity index (χ3v) is 5.81. The number of nitrogens with one attached hydrogen (secondary N) is 2. The van der Waals surface area contributed by atoms with Gasteiger partial charge in [-0.1, -0.05) is 29.8 Å². The summed E-state index contributed by atoms with van der Waals surface area (Å²) in [5.41, 5.74) is 2.96. The first-order chi connectivity index (χ1) is 12.4. The molecule has 9 heteroatoms. The van der Waals surface area contributed by atoms with E-state index < -0.39 is 26.6 Å². The summed E-state index contributed by atoms with van der Waals surface area (Å²) in [7, 11) is -4.25. The summed E-state index contributed by atoms with van der Waals surface area (Å²) in [5, 5.41) is 2.22. The smallest absolute Gasteiger partial charge is 0.266 e. The number of sulfonamides is 1. The van der Waals surface area contributed by atoms with Crippen molar-refractivity contribution in [3.8, 4) is 10.4 Å². The Labute approximate surface area is 158 Å². The molecule has 0 aliphatic carbocycles. The Morgan fingerprint density at radius 2 is 1.85 bits per heavy atom. The van der Waals surface area contributed by atoms with Gasteiger partial charge < -0.3 is 0 Å². The van der Waals surface area contributed by atoms with Gasteiger partial charge in [0.15, 0.2) is 0 Å². The molecule has 0 aliphatic rings. The Bertz CT molecular complexity index is 1050. The minimum absolute atomic E-state index is 0.164. The molecule has 1 aromatic heterocycles. The van der Waals surface area contributed by atoms with Crippen LogP contribution in [0.25, 0.3) is 10.4 Å². The van der Waals surface area contributed by atoms with Gasteiger partial charge in [-0.3, -0.25) is 10.2 Å². The number of thiophene rings is 1. The molecule has 0 atom stereocenters. The van der Waals surface area contributed by atoms with Crippen molar-refractivity contribution in [2.45, 2.75) is 4.90 Å². The van der Waals surface area contributed by atoms with Crippen molar-refractivity contribution in [2.24, 2.45) is 0 Å². The lowest BCUT2D eigenvalue weighted by Crippen LogP contribution is -2.41. The van der Waals surface area contributed by atoms with Crippen LogP contribution in [0.5, 0.6) is 0 Å². The molecule has 2 N–H and O–H groups in total. The molecule has 3 rings (SSSR count). The normalized spacial score (nSPS) is 11.3. The van der Waals surface area contributed by atoms with E-state index in [4.69, 9.17) is 11.6 Å². The van der Waals surface area contributed by atoms with Gasteiger partial charge in [0.25, 0.3) is 15.9 Å². The average Bonchev–Trinajstić information content (AvgIpc) is 3.14. The van der Waals surface area contributed by atoms with E-state index >= 15 is 0 Å². The molecule has 5 nitrogen and oxygen atoms in total. The van der Waals surface area contributed by atoms with Crippen LogP contribution in [0.4, 0.5) is 4.39 Å². The van der Waals surface area contributed by atoms with Gasteiger partial charge in [0.05, 0.1) is 0 Å². The molecule has 2 aromatic carbocycles. The van der Waals surface area contributed by atoms with Gasteiger partial charge in [0.2, 0.25) is 0 Å². The maximum absolute atomic E-state index is 13.6. The summed E-state index contributed by atoms with van der Waals surface area (Å²) in [6.45, 7) is 0. The first-order valence-electron chi connectivity index (χ1n) is 7.28. The van der Waals surface area contributed by atoms with E-state index in [0.29, 0.717) is 5.02 Å². The number of carbonyl (C=O) groups is 1.